The molecule has 18 heavy (non-hydrogen) atoms. The zero-order chi connectivity index (χ0) is 13.1. The van der Waals surface area contributed by atoms with Crippen molar-refractivity contribution in [2.45, 2.75) is 0 Å². The monoisotopic (exact) mass is 265 g/mol. The molecule has 4 nitrogen and oxygen atoms in total. The molecule has 1 aromatic carbocycles. The van der Waals surface area contributed by atoms with E-state index < -0.39 is 11.7 Å². The van der Waals surface area contributed by atoms with E-state index in [0.29, 0.717) is 5.02 Å². The lowest BCUT2D eigenvalue weighted by molar-refractivity contribution is 0.102. The van der Waals surface area contributed by atoms with Crippen molar-refractivity contribution in [1.82, 2.24) is 4.98 Å². The Morgan fingerprint density at radius 1 is 1.39 bits per heavy atom. The van der Waals surface area contributed by atoms with E-state index in [1.165, 1.54) is 30.5 Å². The van der Waals surface area contributed by atoms with Crippen LogP contribution in [-0.2, 0) is 0 Å². The van der Waals surface area contributed by atoms with Crippen LogP contribution in [0.15, 0.2) is 36.7 Å². The second-order valence-corrected chi connectivity index (χ2v) is 3.98. The predicted octanol–water partition coefficient (Wildman–Crippen LogP) is 2.71. The number of amides is 1. The van der Waals surface area contributed by atoms with E-state index in [9.17, 15) is 9.18 Å². The molecule has 0 fully saturated rings. The van der Waals surface area contributed by atoms with Gasteiger partial charge in [-0.05, 0) is 24.3 Å². The maximum absolute atomic E-state index is 13.3. The van der Waals surface area contributed by atoms with Crippen molar-refractivity contribution in [3.8, 4) is 0 Å². The number of nitrogens with zero attached hydrogens (tertiary/aromatic N) is 1. The molecule has 2 aromatic rings. The summed E-state index contributed by atoms with van der Waals surface area (Å²) in [4.78, 5) is 15.5. The van der Waals surface area contributed by atoms with Crippen LogP contribution in [0.5, 0.6) is 0 Å². The van der Waals surface area contributed by atoms with E-state index in [0.717, 1.165) is 6.20 Å². The third kappa shape index (κ3) is 2.57. The second-order valence-electron chi connectivity index (χ2n) is 3.54. The van der Waals surface area contributed by atoms with E-state index in [1.807, 2.05) is 0 Å². The predicted molar refractivity (Wildman–Crippen MR) is 68.0 cm³/mol. The van der Waals surface area contributed by atoms with Crippen LogP contribution >= 0.6 is 11.6 Å². The van der Waals surface area contributed by atoms with Gasteiger partial charge in [-0.3, -0.25) is 9.78 Å². The Morgan fingerprint density at radius 3 is 2.83 bits per heavy atom. The lowest BCUT2D eigenvalue weighted by Gasteiger charge is -2.08. The highest BCUT2D eigenvalue weighted by atomic mass is 35.5. The smallest absolute Gasteiger partial charge is 0.257 e. The Hall–Kier alpha value is -2.14. The van der Waals surface area contributed by atoms with Crippen LogP contribution < -0.4 is 11.1 Å². The van der Waals surface area contributed by atoms with E-state index >= 15 is 0 Å². The highest BCUT2D eigenvalue weighted by molar-refractivity contribution is 6.31. The summed E-state index contributed by atoms with van der Waals surface area (Å²) in [7, 11) is 0. The number of nitrogen functional groups attached to an aromatic ring is 1. The molecule has 92 valence electrons. The Kier molecular flexibility index (Phi) is 3.43. The van der Waals surface area contributed by atoms with Crippen LogP contribution in [0, 0.1) is 5.82 Å². The number of hydrogen-bond donors (Lipinski definition) is 2. The number of halogens is 2. The fraction of sp³-hybridized carbons (Fsp3) is 0. The van der Waals surface area contributed by atoms with E-state index in [4.69, 9.17) is 17.3 Å². The van der Waals surface area contributed by atoms with Gasteiger partial charge in [-0.15, -0.1) is 0 Å². The Balaban J connectivity index is 2.25. The maximum Gasteiger partial charge on any atom is 0.257 e. The third-order valence-electron chi connectivity index (χ3n) is 2.28. The quantitative estimate of drug-likeness (QED) is 0.821. The first-order valence-electron chi connectivity index (χ1n) is 5.04. The average Bonchev–Trinajstić information content (AvgIpc) is 2.32. The van der Waals surface area contributed by atoms with Crippen molar-refractivity contribution in [2.24, 2.45) is 0 Å². The summed E-state index contributed by atoms with van der Waals surface area (Å²) in [5.41, 5.74) is 6.17. The first-order valence-corrected chi connectivity index (χ1v) is 5.41. The minimum absolute atomic E-state index is 0.0457. The van der Waals surface area contributed by atoms with Crippen molar-refractivity contribution in [3.05, 3.63) is 53.1 Å². The molecule has 0 atom stereocenters. The summed E-state index contributed by atoms with van der Waals surface area (Å²) in [6.07, 6.45) is 2.39. The summed E-state index contributed by atoms with van der Waals surface area (Å²) >= 11 is 5.73. The minimum atomic E-state index is -0.613. The average molecular weight is 266 g/mol. The molecule has 0 aliphatic heterocycles. The van der Waals surface area contributed by atoms with Gasteiger partial charge in [0.1, 0.15) is 0 Å². The number of pyridine rings is 1. The van der Waals surface area contributed by atoms with Crippen LogP contribution in [0.4, 0.5) is 15.8 Å². The summed E-state index contributed by atoms with van der Waals surface area (Å²) in [5, 5.41) is 2.84. The number of carbonyl (C=O) groups is 1. The van der Waals surface area contributed by atoms with Gasteiger partial charge in [0.2, 0.25) is 0 Å². The third-order valence-corrected chi connectivity index (χ3v) is 2.51. The van der Waals surface area contributed by atoms with Crippen molar-refractivity contribution in [2.75, 3.05) is 11.1 Å². The van der Waals surface area contributed by atoms with Gasteiger partial charge < -0.3 is 11.1 Å². The molecule has 1 aromatic heterocycles. The molecule has 0 aliphatic rings. The van der Waals surface area contributed by atoms with Crippen LogP contribution in [-0.4, -0.2) is 10.9 Å². The van der Waals surface area contributed by atoms with Crippen molar-refractivity contribution in [1.29, 1.82) is 0 Å². The Bertz CT molecular complexity index is 604. The number of hydrogen-bond acceptors (Lipinski definition) is 3. The lowest BCUT2D eigenvalue weighted by Crippen LogP contribution is -2.15. The Labute approximate surface area is 108 Å². The molecule has 1 heterocycles. The molecular weight excluding hydrogens is 257 g/mol. The highest BCUT2D eigenvalue weighted by Gasteiger charge is 2.12. The van der Waals surface area contributed by atoms with E-state index in [2.05, 4.69) is 10.3 Å². The number of aromatic nitrogens is 1. The molecule has 0 radical (unpaired) electrons. The van der Waals surface area contributed by atoms with Gasteiger partial charge in [-0.2, -0.15) is 0 Å². The number of nitrogens with two attached hydrogens (primary N) is 1. The van der Waals surface area contributed by atoms with Crippen molar-refractivity contribution >= 4 is 28.9 Å². The van der Waals surface area contributed by atoms with E-state index in [-0.39, 0.29) is 16.9 Å². The molecule has 0 aliphatic carbocycles. The van der Waals surface area contributed by atoms with Gasteiger partial charge >= 0.3 is 0 Å². The number of benzene rings is 1. The molecule has 0 saturated heterocycles. The summed E-state index contributed by atoms with van der Waals surface area (Å²) in [6.45, 7) is 0. The number of carbonyl (C=O) groups excluding carboxylic acids is 1. The SMILES string of the molecule is Nc1cc(Cl)ccc1C(=O)Nc1ccncc1F. The second kappa shape index (κ2) is 5.01. The topological polar surface area (TPSA) is 68.0 Å². The van der Waals surface area contributed by atoms with Gasteiger partial charge in [0, 0.05) is 16.9 Å². The van der Waals surface area contributed by atoms with Gasteiger partial charge in [0.25, 0.3) is 5.91 Å². The van der Waals surface area contributed by atoms with Gasteiger partial charge in [0.05, 0.1) is 17.4 Å². The zero-order valence-corrected chi connectivity index (χ0v) is 9.91. The molecule has 2 rings (SSSR count). The van der Waals surface area contributed by atoms with Crippen LogP contribution in [0.3, 0.4) is 0 Å². The molecule has 3 N–H and O–H groups in total. The fourth-order valence-electron chi connectivity index (χ4n) is 1.41. The highest BCUT2D eigenvalue weighted by Crippen LogP contribution is 2.20. The number of nitrogens with one attached hydrogen (secondary N) is 1. The lowest BCUT2D eigenvalue weighted by atomic mass is 10.1. The summed E-state index contributed by atoms with van der Waals surface area (Å²) < 4.78 is 13.3. The van der Waals surface area contributed by atoms with Crippen molar-refractivity contribution < 1.29 is 9.18 Å². The Morgan fingerprint density at radius 2 is 2.17 bits per heavy atom. The van der Waals surface area contributed by atoms with Crippen molar-refractivity contribution in [3.63, 3.8) is 0 Å². The molecular formula is C12H9ClFN3O. The number of anilines is 2. The van der Waals surface area contributed by atoms with Crippen LogP contribution in [0.1, 0.15) is 10.4 Å². The zero-order valence-electron chi connectivity index (χ0n) is 9.15. The molecule has 1 amide bonds. The van der Waals surface area contributed by atoms with Gasteiger partial charge in [0.15, 0.2) is 5.82 Å². The normalized spacial score (nSPS) is 10.1. The standard InChI is InChI=1S/C12H9ClFN3O/c13-7-1-2-8(10(15)5-7)12(18)17-11-3-4-16-6-9(11)14/h1-6H,15H2,(H,16,17,18). The molecule has 0 saturated carbocycles. The van der Waals surface area contributed by atoms with E-state index in [1.54, 1.807) is 0 Å². The maximum atomic E-state index is 13.3. The van der Waals surface area contributed by atoms with Gasteiger partial charge in [-0.1, -0.05) is 11.6 Å². The molecule has 0 spiro atoms. The summed E-state index contributed by atoms with van der Waals surface area (Å²) in [5.74, 6) is -1.12. The molecule has 6 heteroatoms. The van der Waals surface area contributed by atoms with Crippen LogP contribution in [0.2, 0.25) is 5.02 Å². The molecule has 0 unspecified atom stereocenters. The largest absolute Gasteiger partial charge is 0.398 e. The fourth-order valence-corrected chi connectivity index (χ4v) is 1.59. The molecule has 0 bridgehead atoms. The first-order chi connectivity index (χ1) is 8.58. The minimum Gasteiger partial charge on any atom is -0.398 e. The summed E-state index contributed by atoms with van der Waals surface area (Å²) in [6, 6.07) is 5.83. The van der Waals surface area contributed by atoms with Crippen LogP contribution in [0.25, 0.3) is 0 Å². The van der Waals surface area contributed by atoms with Gasteiger partial charge in [-0.25, -0.2) is 4.39 Å². The number of rotatable bonds is 2. The first kappa shape index (κ1) is 12.3.